The number of hydrazine groups is 2. The first kappa shape index (κ1) is 21.4. The lowest BCUT2D eigenvalue weighted by molar-refractivity contribution is -0.117. The van der Waals surface area contributed by atoms with Crippen LogP contribution in [0.15, 0.2) is 84.8 Å². The standard InChI is InChI=1S/C24H22FN5O2/c1-29-23(20(31)15-28-24(32)18-5-3-2-4-6-18)21(16-11-13-27-14-12-16)22(30(29)26)17-7-9-19(25)10-8-17/h2-14,22H,15,26H2,1H3,(H,28,32). The number of nitrogens with one attached hydrogen (secondary N) is 1. The zero-order valence-corrected chi connectivity index (χ0v) is 17.4. The number of amides is 1. The normalized spacial score (nSPS) is 16.3. The van der Waals surface area contributed by atoms with E-state index in [-0.39, 0.29) is 24.1 Å². The zero-order chi connectivity index (χ0) is 22.7. The molecule has 0 saturated carbocycles. The van der Waals surface area contributed by atoms with Gasteiger partial charge in [-0.25, -0.2) is 10.2 Å². The summed E-state index contributed by atoms with van der Waals surface area (Å²) >= 11 is 0. The number of aromatic nitrogens is 1. The average Bonchev–Trinajstić information content (AvgIpc) is 3.09. The fraction of sp³-hybridized carbons (Fsp3) is 0.125. The van der Waals surface area contributed by atoms with Crippen LogP contribution in [-0.2, 0) is 4.79 Å². The molecular weight excluding hydrogens is 409 g/mol. The van der Waals surface area contributed by atoms with Gasteiger partial charge in [0.1, 0.15) is 11.5 Å². The first-order chi connectivity index (χ1) is 15.5. The van der Waals surface area contributed by atoms with Crippen molar-refractivity contribution in [3.63, 3.8) is 0 Å². The summed E-state index contributed by atoms with van der Waals surface area (Å²) in [4.78, 5) is 29.7. The number of ketones is 1. The zero-order valence-electron chi connectivity index (χ0n) is 17.4. The van der Waals surface area contributed by atoms with Gasteiger partial charge in [-0.2, -0.15) is 0 Å². The van der Waals surface area contributed by atoms with E-state index in [9.17, 15) is 14.0 Å². The maximum Gasteiger partial charge on any atom is 0.251 e. The number of likely N-dealkylation sites (N-methyl/N-ethyl adjacent to an activating group) is 1. The van der Waals surface area contributed by atoms with Crippen LogP contribution in [0, 0.1) is 5.82 Å². The topological polar surface area (TPSA) is 91.6 Å². The number of hydrogen-bond acceptors (Lipinski definition) is 6. The van der Waals surface area contributed by atoms with E-state index in [4.69, 9.17) is 5.84 Å². The molecule has 1 aromatic heterocycles. The summed E-state index contributed by atoms with van der Waals surface area (Å²) in [7, 11) is 1.68. The molecule has 32 heavy (non-hydrogen) atoms. The van der Waals surface area contributed by atoms with Crippen molar-refractivity contribution >= 4 is 17.3 Å². The fourth-order valence-corrected chi connectivity index (χ4v) is 3.78. The highest BCUT2D eigenvalue weighted by atomic mass is 19.1. The summed E-state index contributed by atoms with van der Waals surface area (Å²) in [5, 5.41) is 5.66. The van der Waals surface area contributed by atoms with Crippen LogP contribution in [0.5, 0.6) is 0 Å². The van der Waals surface area contributed by atoms with Crippen molar-refractivity contribution in [2.24, 2.45) is 5.84 Å². The number of carbonyl (C=O) groups excluding carboxylic acids is 2. The molecule has 3 aromatic rings. The van der Waals surface area contributed by atoms with Crippen molar-refractivity contribution < 1.29 is 14.0 Å². The number of Topliss-reactive ketones (excluding diaryl/α,β-unsaturated/α-hetero) is 1. The van der Waals surface area contributed by atoms with Crippen molar-refractivity contribution in [1.82, 2.24) is 20.4 Å². The Morgan fingerprint density at radius 3 is 2.34 bits per heavy atom. The van der Waals surface area contributed by atoms with Gasteiger partial charge in [0.2, 0.25) is 0 Å². The van der Waals surface area contributed by atoms with Crippen molar-refractivity contribution in [1.29, 1.82) is 0 Å². The third-order valence-corrected chi connectivity index (χ3v) is 5.35. The Bertz CT molecular complexity index is 1150. The highest BCUT2D eigenvalue weighted by molar-refractivity contribution is 6.07. The van der Waals surface area contributed by atoms with Crippen LogP contribution in [0.1, 0.15) is 27.5 Å². The Balaban J connectivity index is 1.70. The second kappa shape index (κ2) is 9.09. The van der Waals surface area contributed by atoms with Gasteiger partial charge in [0, 0.05) is 30.6 Å². The molecule has 0 aliphatic carbocycles. The fourth-order valence-electron chi connectivity index (χ4n) is 3.78. The van der Waals surface area contributed by atoms with Gasteiger partial charge in [0.15, 0.2) is 5.78 Å². The van der Waals surface area contributed by atoms with E-state index in [2.05, 4.69) is 10.3 Å². The maximum absolute atomic E-state index is 13.5. The van der Waals surface area contributed by atoms with Crippen LogP contribution in [0.4, 0.5) is 4.39 Å². The van der Waals surface area contributed by atoms with Gasteiger partial charge in [-0.1, -0.05) is 30.3 Å². The third kappa shape index (κ3) is 4.14. The smallest absolute Gasteiger partial charge is 0.251 e. The van der Waals surface area contributed by atoms with Gasteiger partial charge >= 0.3 is 0 Å². The molecule has 1 unspecified atom stereocenters. The lowest BCUT2D eigenvalue weighted by atomic mass is 9.92. The quantitative estimate of drug-likeness (QED) is 0.583. The Kier molecular flexibility index (Phi) is 6.07. The van der Waals surface area contributed by atoms with Gasteiger partial charge in [-0.3, -0.25) is 19.6 Å². The summed E-state index contributed by atoms with van der Waals surface area (Å²) in [6.45, 7) is -0.202. The van der Waals surface area contributed by atoms with E-state index in [0.717, 1.165) is 11.1 Å². The number of benzene rings is 2. The monoisotopic (exact) mass is 431 g/mol. The number of nitrogens with zero attached hydrogens (tertiary/aromatic N) is 3. The second-order valence-electron chi connectivity index (χ2n) is 7.33. The lowest BCUT2D eigenvalue weighted by Gasteiger charge is -2.28. The molecule has 1 atom stereocenters. The van der Waals surface area contributed by atoms with Gasteiger partial charge in [-0.15, -0.1) is 5.12 Å². The molecule has 7 nitrogen and oxygen atoms in total. The molecule has 0 saturated heterocycles. The molecule has 0 spiro atoms. The third-order valence-electron chi connectivity index (χ3n) is 5.35. The minimum absolute atomic E-state index is 0.202. The molecule has 1 aliphatic rings. The van der Waals surface area contributed by atoms with Crippen molar-refractivity contribution in [3.8, 4) is 0 Å². The average molecular weight is 431 g/mol. The highest BCUT2D eigenvalue weighted by Crippen LogP contribution is 2.43. The summed E-state index contributed by atoms with van der Waals surface area (Å²) < 4.78 is 13.5. The SMILES string of the molecule is CN1C(C(=O)CNC(=O)c2ccccc2)=C(c2ccncc2)C(c2ccc(F)cc2)N1N. The van der Waals surface area contributed by atoms with E-state index in [1.807, 2.05) is 6.07 Å². The van der Waals surface area contributed by atoms with E-state index < -0.39 is 6.04 Å². The Morgan fingerprint density at radius 2 is 1.69 bits per heavy atom. The van der Waals surface area contributed by atoms with Crippen molar-refractivity contribution in [3.05, 3.63) is 107 Å². The van der Waals surface area contributed by atoms with Crippen LogP contribution in [-0.4, -0.2) is 40.4 Å². The van der Waals surface area contributed by atoms with Crippen LogP contribution in [0.3, 0.4) is 0 Å². The van der Waals surface area contributed by atoms with Crippen LogP contribution >= 0.6 is 0 Å². The van der Waals surface area contributed by atoms with Gasteiger partial charge in [0.05, 0.1) is 12.6 Å². The van der Waals surface area contributed by atoms with Gasteiger partial charge < -0.3 is 5.32 Å². The first-order valence-corrected chi connectivity index (χ1v) is 10.0. The largest absolute Gasteiger partial charge is 0.345 e. The molecule has 162 valence electrons. The van der Waals surface area contributed by atoms with Gasteiger partial charge in [0.25, 0.3) is 5.91 Å². The second-order valence-corrected chi connectivity index (χ2v) is 7.33. The molecular formula is C24H22FN5O2. The summed E-state index contributed by atoms with van der Waals surface area (Å²) in [6.07, 6.45) is 3.25. The molecule has 2 heterocycles. The first-order valence-electron chi connectivity index (χ1n) is 10.0. The molecule has 1 aliphatic heterocycles. The van der Waals surface area contributed by atoms with E-state index >= 15 is 0 Å². The molecule has 4 rings (SSSR count). The summed E-state index contributed by atoms with van der Waals surface area (Å²) in [6, 6.07) is 17.7. The highest BCUT2D eigenvalue weighted by Gasteiger charge is 2.40. The van der Waals surface area contributed by atoms with Crippen LogP contribution in [0.25, 0.3) is 5.57 Å². The number of nitrogens with two attached hydrogens (primary N) is 1. The molecule has 0 bridgehead atoms. The van der Waals surface area contributed by atoms with E-state index in [0.29, 0.717) is 16.8 Å². The molecule has 1 amide bonds. The summed E-state index contributed by atoms with van der Waals surface area (Å²) in [5.74, 6) is 5.36. The number of pyridine rings is 1. The predicted octanol–water partition coefficient (Wildman–Crippen LogP) is 2.71. The number of halogens is 1. The van der Waals surface area contributed by atoms with Crippen molar-refractivity contribution in [2.45, 2.75) is 6.04 Å². The Hall–Kier alpha value is -3.88. The van der Waals surface area contributed by atoms with Crippen molar-refractivity contribution in [2.75, 3.05) is 13.6 Å². The van der Waals surface area contributed by atoms with Gasteiger partial charge in [-0.05, 0) is 47.5 Å². The van der Waals surface area contributed by atoms with Crippen LogP contribution in [0.2, 0.25) is 0 Å². The molecule has 0 radical (unpaired) electrons. The number of carbonyl (C=O) groups is 2. The lowest BCUT2D eigenvalue weighted by Crippen LogP contribution is -2.44. The predicted molar refractivity (Wildman–Crippen MR) is 118 cm³/mol. The van der Waals surface area contributed by atoms with Crippen LogP contribution < -0.4 is 11.2 Å². The van der Waals surface area contributed by atoms with E-state index in [1.54, 1.807) is 73.0 Å². The number of hydrogen-bond donors (Lipinski definition) is 2. The minimum atomic E-state index is -0.522. The Morgan fingerprint density at radius 1 is 1.03 bits per heavy atom. The number of rotatable bonds is 6. The summed E-state index contributed by atoms with van der Waals surface area (Å²) in [5.41, 5.74) is 2.95. The molecule has 2 aromatic carbocycles. The van der Waals surface area contributed by atoms with E-state index in [1.165, 1.54) is 17.3 Å². The molecule has 0 fully saturated rings. The Labute approximate surface area is 184 Å². The maximum atomic E-state index is 13.5. The molecule has 8 heteroatoms. The molecule has 3 N–H and O–H groups in total. The minimum Gasteiger partial charge on any atom is -0.345 e.